The molecular formula is C23H18ClN3O2S. The second kappa shape index (κ2) is 7.47. The molecule has 0 spiro atoms. The maximum Gasteiger partial charge on any atom is 0.271 e. The Hall–Kier alpha value is -2.80. The molecule has 30 heavy (non-hydrogen) atoms. The second-order valence-corrected chi connectivity index (χ2v) is 9.07. The lowest BCUT2D eigenvalue weighted by Crippen LogP contribution is -2.24. The van der Waals surface area contributed by atoms with Crippen molar-refractivity contribution in [2.24, 2.45) is 5.73 Å². The monoisotopic (exact) mass is 435 g/mol. The zero-order chi connectivity index (χ0) is 20.8. The first-order chi connectivity index (χ1) is 14.5. The summed E-state index contributed by atoms with van der Waals surface area (Å²) in [6.07, 6.45) is 3.08. The molecule has 1 aliphatic carbocycles. The number of ketones is 1. The highest BCUT2D eigenvalue weighted by Crippen LogP contribution is 2.31. The maximum absolute atomic E-state index is 13.0. The molecule has 150 valence electrons. The van der Waals surface area contributed by atoms with Crippen LogP contribution in [0.25, 0.3) is 20.7 Å². The fraction of sp³-hybridized carbons (Fsp3) is 0.174. The molecule has 2 N–H and O–H groups in total. The van der Waals surface area contributed by atoms with E-state index >= 15 is 0 Å². The smallest absolute Gasteiger partial charge is 0.271 e. The quantitative estimate of drug-likeness (QED) is 0.490. The molecule has 0 aliphatic heterocycles. The molecule has 2 aromatic carbocycles. The molecule has 0 amide bonds. The number of carbonyl (C=O) groups excluding carboxylic acids is 1. The van der Waals surface area contributed by atoms with Gasteiger partial charge in [-0.3, -0.25) is 14.2 Å². The molecule has 0 saturated heterocycles. The van der Waals surface area contributed by atoms with Crippen LogP contribution in [0.2, 0.25) is 5.02 Å². The van der Waals surface area contributed by atoms with Crippen molar-refractivity contribution >= 4 is 38.9 Å². The summed E-state index contributed by atoms with van der Waals surface area (Å²) in [5.74, 6) is -0.115. The minimum atomic E-state index is -0.207. The van der Waals surface area contributed by atoms with E-state index in [1.54, 1.807) is 0 Å². The fourth-order valence-corrected chi connectivity index (χ4v) is 5.08. The highest BCUT2D eigenvalue weighted by atomic mass is 35.5. The number of carbonyl (C=O) groups is 1. The van der Waals surface area contributed by atoms with Crippen LogP contribution in [-0.4, -0.2) is 21.4 Å². The summed E-state index contributed by atoms with van der Waals surface area (Å²) >= 11 is 7.33. The van der Waals surface area contributed by atoms with Gasteiger partial charge in [-0.2, -0.15) is 0 Å². The van der Waals surface area contributed by atoms with Crippen LogP contribution in [0.1, 0.15) is 21.5 Å². The molecule has 5 rings (SSSR count). The third-order valence-corrected chi connectivity index (χ3v) is 6.85. The summed E-state index contributed by atoms with van der Waals surface area (Å²) in [5, 5.41) is 0.660. The van der Waals surface area contributed by atoms with Crippen LogP contribution in [0.4, 0.5) is 0 Å². The molecule has 2 aromatic heterocycles. The van der Waals surface area contributed by atoms with E-state index in [0.29, 0.717) is 20.8 Å². The molecule has 1 atom stereocenters. The first-order valence-corrected chi connectivity index (χ1v) is 10.8. The first kappa shape index (κ1) is 19.2. The van der Waals surface area contributed by atoms with Crippen LogP contribution in [0.5, 0.6) is 0 Å². The number of hydrogen-bond donors (Lipinski definition) is 1. The number of benzene rings is 2. The van der Waals surface area contributed by atoms with Crippen molar-refractivity contribution in [2.75, 3.05) is 0 Å². The predicted octanol–water partition coefficient (Wildman–Crippen LogP) is 4.09. The number of nitrogens with two attached hydrogens (primary N) is 1. The van der Waals surface area contributed by atoms with Crippen molar-refractivity contribution in [3.8, 4) is 10.4 Å². The molecule has 4 aromatic rings. The lowest BCUT2D eigenvalue weighted by Gasteiger charge is -2.06. The van der Waals surface area contributed by atoms with Gasteiger partial charge in [0.05, 0.1) is 18.4 Å². The zero-order valence-electron chi connectivity index (χ0n) is 16.0. The van der Waals surface area contributed by atoms with Crippen LogP contribution in [-0.2, 0) is 19.4 Å². The average Bonchev–Trinajstić information content (AvgIpc) is 3.33. The maximum atomic E-state index is 13.0. The zero-order valence-corrected chi connectivity index (χ0v) is 17.5. The number of rotatable bonds is 4. The van der Waals surface area contributed by atoms with E-state index in [1.807, 2.05) is 48.5 Å². The summed E-state index contributed by atoms with van der Waals surface area (Å²) < 4.78 is 1.92. The van der Waals surface area contributed by atoms with Crippen molar-refractivity contribution in [3.63, 3.8) is 0 Å². The van der Waals surface area contributed by atoms with Gasteiger partial charge >= 0.3 is 0 Å². The predicted molar refractivity (Wildman–Crippen MR) is 120 cm³/mol. The van der Waals surface area contributed by atoms with Gasteiger partial charge in [0.25, 0.3) is 5.56 Å². The van der Waals surface area contributed by atoms with Gasteiger partial charge in [-0.25, -0.2) is 4.98 Å². The lowest BCUT2D eigenvalue weighted by atomic mass is 10.0. The van der Waals surface area contributed by atoms with Gasteiger partial charge in [0.2, 0.25) is 0 Å². The largest absolute Gasteiger partial charge is 0.327 e. The third-order valence-electron chi connectivity index (χ3n) is 5.44. The van der Waals surface area contributed by atoms with E-state index in [4.69, 9.17) is 17.3 Å². The van der Waals surface area contributed by atoms with Crippen molar-refractivity contribution in [2.45, 2.75) is 25.4 Å². The summed E-state index contributed by atoms with van der Waals surface area (Å²) in [6.45, 7) is -0.0409. The topological polar surface area (TPSA) is 78.0 Å². The van der Waals surface area contributed by atoms with Crippen molar-refractivity contribution in [1.82, 2.24) is 9.55 Å². The van der Waals surface area contributed by atoms with E-state index in [2.05, 4.69) is 4.98 Å². The van der Waals surface area contributed by atoms with E-state index in [9.17, 15) is 9.59 Å². The van der Waals surface area contributed by atoms with Crippen LogP contribution in [0.3, 0.4) is 0 Å². The van der Waals surface area contributed by atoms with Gasteiger partial charge < -0.3 is 5.73 Å². The first-order valence-electron chi connectivity index (χ1n) is 9.63. The van der Waals surface area contributed by atoms with E-state index in [-0.39, 0.29) is 23.9 Å². The van der Waals surface area contributed by atoms with E-state index in [1.165, 1.54) is 27.8 Å². The molecule has 5 nitrogen and oxygen atoms in total. The minimum absolute atomic E-state index is 0.0409. The number of fused-ring (bicyclic) bond motifs is 2. The molecule has 2 heterocycles. The summed E-state index contributed by atoms with van der Waals surface area (Å²) in [6, 6.07) is 15.2. The normalized spacial score (nSPS) is 15.5. The second-order valence-electron chi connectivity index (χ2n) is 7.58. The highest BCUT2D eigenvalue weighted by molar-refractivity contribution is 7.22. The number of Topliss-reactive ketones (excluding diaryl/α,β-unsaturated/α-hetero) is 1. The molecule has 0 bridgehead atoms. The molecular weight excluding hydrogens is 418 g/mol. The van der Waals surface area contributed by atoms with Crippen LogP contribution >= 0.6 is 22.9 Å². The van der Waals surface area contributed by atoms with Gasteiger partial charge in [0.15, 0.2) is 5.78 Å². The van der Waals surface area contributed by atoms with Gasteiger partial charge in [0, 0.05) is 21.5 Å². The van der Waals surface area contributed by atoms with E-state index in [0.717, 1.165) is 28.8 Å². The van der Waals surface area contributed by atoms with Crippen molar-refractivity contribution < 1.29 is 4.79 Å². The summed E-state index contributed by atoms with van der Waals surface area (Å²) in [7, 11) is 0. The Morgan fingerprint density at radius 2 is 1.90 bits per heavy atom. The Labute approximate surface area is 181 Å². The van der Waals surface area contributed by atoms with Crippen molar-refractivity contribution in [1.29, 1.82) is 0 Å². The average molecular weight is 436 g/mol. The van der Waals surface area contributed by atoms with Crippen LogP contribution in [0.15, 0.2) is 59.7 Å². The lowest BCUT2D eigenvalue weighted by molar-refractivity contribution is 0.0970. The minimum Gasteiger partial charge on any atom is -0.327 e. The number of aromatic nitrogens is 2. The Morgan fingerprint density at radius 3 is 2.70 bits per heavy atom. The van der Waals surface area contributed by atoms with E-state index < -0.39 is 0 Å². The Kier molecular flexibility index (Phi) is 4.77. The van der Waals surface area contributed by atoms with Gasteiger partial charge in [0.1, 0.15) is 4.70 Å². The molecule has 0 saturated carbocycles. The number of nitrogens with zero attached hydrogens (tertiary/aromatic N) is 2. The summed E-state index contributed by atoms with van der Waals surface area (Å²) in [4.78, 5) is 31.1. The van der Waals surface area contributed by atoms with Crippen molar-refractivity contribution in [3.05, 3.63) is 86.9 Å². The van der Waals surface area contributed by atoms with Gasteiger partial charge in [-0.05, 0) is 53.8 Å². The molecule has 0 fully saturated rings. The Balaban J connectivity index is 1.44. The Bertz CT molecular complexity index is 1340. The number of thiophene rings is 1. The fourth-order valence-electron chi connectivity index (χ4n) is 3.89. The standard InChI is InChI=1S/C23H18ClN3O2S/c24-17-5-3-13(4-6-17)21-10-19-22(30-21)23(29)27(12-26-19)11-20(28)15-2-1-14-8-18(25)9-16(14)7-15/h1-7,10,12,18H,8-9,11,25H2. The third kappa shape index (κ3) is 3.47. The molecule has 1 unspecified atom stereocenters. The SMILES string of the molecule is NC1Cc2ccc(C(=O)Cn3cnc4cc(-c5ccc(Cl)cc5)sc4c3=O)cc2C1. The summed E-state index contributed by atoms with van der Waals surface area (Å²) in [5.41, 5.74) is 10.3. The van der Waals surface area contributed by atoms with Gasteiger partial charge in [-0.1, -0.05) is 35.9 Å². The van der Waals surface area contributed by atoms with Gasteiger partial charge in [-0.15, -0.1) is 11.3 Å². The van der Waals surface area contributed by atoms with Crippen LogP contribution < -0.4 is 11.3 Å². The van der Waals surface area contributed by atoms with Crippen LogP contribution in [0, 0.1) is 0 Å². The molecule has 0 radical (unpaired) electrons. The molecule has 1 aliphatic rings. The number of hydrogen-bond acceptors (Lipinski definition) is 5. The number of halogens is 1. The Morgan fingerprint density at radius 1 is 1.13 bits per heavy atom. The molecule has 7 heteroatoms. The highest BCUT2D eigenvalue weighted by Gasteiger charge is 2.20.